The van der Waals surface area contributed by atoms with Gasteiger partial charge < -0.3 is 4.74 Å². The molecule has 0 radical (unpaired) electrons. The number of hydrogen-bond acceptors (Lipinski definition) is 4. The molecule has 1 unspecified atom stereocenters. The first-order valence-electron chi connectivity index (χ1n) is 7.43. The highest BCUT2D eigenvalue weighted by Crippen LogP contribution is 2.26. The zero-order valence-corrected chi connectivity index (χ0v) is 14.6. The second-order valence-corrected chi connectivity index (χ2v) is 9.70. The molecule has 0 aromatic rings. The minimum Gasteiger partial charge on any atom is -0.466 e. The van der Waals surface area contributed by atoms with E-state index in [-0.39, 0.29) is 11.5 Å². The van der Waals surface area contributed by atoms with Crippen LogP contribution in [0.25, 0.3) is 0 Å². The summed E-state index contributed by atoms with van der Waals surface area (Å²) in [5.41, 5.74) is 0.209. The first-order valence-corrected chi connectivity index (χ1v) is 10.4. The summed E-state index contributed by atoms with van der Waals surface area (Å²) in [5, 5.41) is 0. The molecule has 1 fully saturated rings. The number of carbonyl (C=O) groups is 1. The van der Waals surface area contributed by atoms with Crippen molar-refractivity contribution in [3.8, 4) is 0 Å². The Bertz CT molecular complexity index is 302. The van der Waals surface area contributed by atoms with Gasteiger partial charge in [-0.3, -0.25) is 14.6 Å². The third-order valence-electron chi connectivity index (χ3n) is 3.69. The molecule has 0 spiro atoms. The monoisotopic (exact) mass is 286 g/mol. The van der Waals surface area contributed by atoms with Gasteiger partial charge in [0.1, 0.15) is 0 Å². The normalized spacial score (nSPS) is 22.2. The zero-order valence-electron chi connectivity index (χ0n) is 13.4. The van der Waals surface area contributed by atoms with Crippen LogP contribution in [-0.4, -0.2) is 62.1 Å². The van der Waals surface area contributed by atoms with Crippen LogP contribution < -0.4 is 0 Å². The lowest BCUT2D eigenvalue weighted by molar-refractivity contribution is -0.143. The van der Waals surface area contributed by atoms with Crippen LogP contribution in [0.5, 0.6) is 0 Å². The van der Waals surface area contributed by atoms with Crippen LogP contribution in [0.3, 0.4) is 0 Å². The van der Waals surface area contributed by atoms with E-state index in [2.05, 4.69) is 43.7 Å². The molecule has 4 nitrogen and oxygen atoms in total. The molecule has 0 bridgehead atoms. The fraction of sp³-hybridized carbons (Fsp3) is 0.929. The Morgan fingerprint density at radius 3 is 2.42 bits per heavy atom. The molecule has 0 saturated carbocycles. The summed E-state index contributed by atoms with van der Waals surface area (Å²) in [4.78, 5) is 16.6. The number of carbonyl (C=O) groups excluding carboxylic acids is 1. The lowest BCUT2D eigenvalue weighted by Gasteiger charge is -2.41. The second-order valence-electron chi connectivity index (χ2n) is 6.61. The molecule has 1 aliphatic heterocycles. The Morgan fingerprint density at radius 2 is 1.95 bits per heavy atom. The van der Waals surface area contributed by atoms with Gasteiger partial charge in [-0.05, 0) is 27.7 Å². The lowest BCUT2D eigenvalue weighted by Crippen LogP contribution is -2.54. The van der Waals surface area contributed by atoms with Gasteiger partial charge in [0, 0.05) is 31.0 Å². The summed E-state index contributed by atoms with van der Waals surface area (Å²) < 4.78 is 5.02. The molecule has 0 aromatic heterocycles. The summed E-state index contributed by atoms with van der Waals surface area (Å²) in [6, 6.07) is 0. The average molecular weight is 286 g/mol. The van der Waals surface area contributed by atoms with Gasteiger partial charge in [-0.15, -0.1) is 0 Å². The molecule has 19 heavy (non-hydrogen) atoms. The molecule has 0 N–H and O–H groups in total. The minimum absolute atomic E-state index is 0.0686. The van der Waals surface area contributed by atoms with E-state index in [4.69, 9.17) is 4.74 Å². The second kappa shape index (κ2) is 6.86. The van der Waals surface area contributed by atoms with Crippen LogP contribution >= 0.6 is 0 Å². The van der Waals surface area contributed by atoms with Crippen LogP contribution in [0.15, 0.2) is 0 Å². The molecule has 1 rings (SSSR count). The fourth-order valence-corrected chi connectivity index (χ4v) is 5.38. The standard InChI is InChI=1S/C14H30N2O2Si/c1-7-18-12(17)8-9-15-10-11-16(14(2,3)4)13(15)19(5)6/h13,19H,7-11H2,1-6H3. The van der Waals surface area contributed by atoms with Crippen molar-refractivity contribution in [2.24, 2.45) is 0 Å². The smallest absolute Gasteiger partial charge is 0.307 e. The van der Waals surface area contributed by atoms with E-state index in [1.165, 1.54) is 0 Å². The largest absolute Gasteiger partial charge is 0.466 e. The molecule has 1 heterocycles. The fourth-order valence-electron chi connectivity index (χ4n) is 2.92. The number of esters is 1. The van der Waals surface area contributed by atoms with Crippen LogP contribution in [0.1, 0.15) is 34.1 Å². The Labute approximate surface area is 119 Å². The predicted octanol–water partition coefficient (Wildman–Crippen LogP) is 1.71. The van der Waals surface area contributed by atoms with Crippen molar-refractivity contribution in [2.75, 3.05) is 26.2 Å². The topological polar surface area (TPSA) is 32.8 Å². The summed E-state index contributed by atoms with van der Waals surface area (Å²) in [6.07, 6.45) is 0.517. The number of hydrogen-bond donors (Lipinski definition) is 0. The Balaban J connectivity index is 2.61. The zero-order chi connectivity index (χ0) is 14.6. The maximum absolute atomic E-state index is 11.5. The van der Waals surface area contributed by atoms with Crippen molar-refractivity contribution < 1.29 is 9.53 Å². The van der Waals surface area contributed by atoms with Gasteiger partial charge in [0.2, 0.25) is 0 Å². The summed E-state index contributed by atoms with van der Waals surface area (Å²) in [5.74, 6) is 0.496. The van der Waals surface area contributed by atoms with Crippen molar-refractivity contribution in [3.05, 3.63) is 0 Å². The van der Waals surface area contributed by atoms with Crippen molar-refractivity contribution in [1.82, 2.24) is 9.80 Å². The van der Waals surface area contributed by atoms with E-state index in [0.29, 0.717) is 18.8 Å². The summed E-state index contributed by atoms with van der Waals surface area (Å²) in [6.45, 7) is 17.0. The first kappa shape index (κ1) is 16.7. The van der Waals surface area contributed by atoms with E-state index in [1.807, 2.05) is 6.92 Å². The van der Waals surface area contributed by atoms with Gasteiger partial charge in [0.05, 0.1) is 21.8 Å². The Kier molecular flexibility index (Phi) is 6.01. The summed E-state index contributed by atoms with van der Waals surface area (Å²) >= 11 is 0. The molecule has 112 valence electrons. The van der Waals surface area contributed by atoms with E-state index in [1.54, 1.807) is 0 Å². The van der Waals surface area contributed by atoms with Crippen LogP contribution in [0.4, 0.5) is 0 Å². The van der Waals surface area contributed by atoms with Crippen LogP contribution in [0, 0.1) is 0 Å². The van der Waals surface area contributed by atoms with Crippen molar-refractivity contribution in [3.63, 3.8) is 0 Å². The van der Waals surface area contributed by atoms with Crippen molar-refractivity contribution >= 4 is 14.8 Å². The Morgan fingerprint density at radius 1 is 1.32 bits per heavy atom. The molecule has 5 heteroatoms. The van der Waals surface area contributed by atoms with Gasteiger partial charge in [-0.25, -0.2) is 0 Å². The predicted molar refractivity (Wildman–Crippen MR) is 81.9 cm³/mol. The lowest BCUT2D eigenvalue weighted by atomic mass is 10.1. The third-order valence-corrected chi connectivity index (χ3v) is 5.66. The maximum Gasteiger partial charge on any atom is 0.307 e. The highest BCUT2D eigenvalue weighted by molar-refractivity contribution is 6.57. The third kappa shape index (κ3) is 4.58. The van der Waals surface area contributed by atoms with Gasteiger partial charge in [0.25, 0.3) is 0 Å². The van der Waals surface area contributed by atoms with Gasteiger partial charge >= 0.3 is 5.97 Å². The molecule has 0 aromatic carbocycles. The molecule has 1 aliphatic rings. The van der Waals surface area contributed by atoms with Gasteiger partial charge in [-0.2, -0.15) is 0 Å². The number of nitrogens with zero attached hydrogens (tertiary/aromatic N) is 2. The molecule has 1 saturated heterocycles. The minimum atomic E-state index is -0.818. The first-order chi connectivity index (χ1) is 8.77. The van der Waals surface area contributed by atoms with Crippen molar-refractivity contribution in [2.45, 2.75) is 58.5 Å². The van der Waals surface area contributed by atoms with Crippen LogP contribution in [-0.2, 0) is 9.53 Å². The van der Waals surface area contributed by atoms with E-state index in [9.17, 15) is 4.79 Å². The van der Waals surface area contributed by atoms with Crippen molar-refractivity contribution in [1.29, 1.82) is 0 Å². The molecule has 0 aliphatic carbocycles. The molecular weight excluding hydrogens is 256 g/mol. The average Bonchev–Trinajstić information content (AvgIpc) is 2.70. The van der Waals surface area contributed by atoms with Gasteiger partial charge in [0.15, 0.2) is 0 Å². The molecule has 1 atom stereocenters. The van der Waals surface area contributed by atoms with Crippen LogP contribution in [0.2, 0.25) is 13.1 Å². The van der Waals surface area contributed by atoms with E-state index in [0.717, 1.165) is 19.6 Å². The molecular formula is C14H30N2O2Si. The quantitative estimate of drug-likeness (QED) is 0.569. The number of rotatable bonds is 5. The van der Waals surface area contributed by atoms with Gasteiger partial charge in [-0.1, -0.05) is 13.1 Å². The number of ether oxygens (including phenoxy) is 1. The van der Waals surface area contributed by atoms with E-state index < -0.39 is 8.80 Å². The highest BCUT2D eigenvalue weighted by Gasteiger charge is 2.39. The maximum atomic E-state index is 11.5. The van der Waals surface area contributed by atoms with E-state index >= 15 is 0 Å². The molecule has 0 amide bonds. The summed E-state index contributed by atoms with van der Waals surface area (Å²) in [7, 11) is -0.818. The Hall–Kier alpha value is -0.393. The SMILES string of the molecule is CCOC(=O)CCN1CCN(C(C)(C)C)C1[SiH](C)C. The highest BCUT2D eigenvalue weighted by atomic mass is 28.3.